The predicted molar refractivity (Wildman–Crippen MR) is 460 cm³/mol. The van der Waals surface area contributed by atoms with Crippen molar-refractivity contribution < 1.29 is 26.3 Å². The van der Waals surface area contributed by atoms with Gasteiger partial charge in [0.2, 0.25) is 17.1 Å². The average Bonchev–Trinajstić information content (AvgIpc) is 1.55. The Labute approximate surface area is 661 Å². The molecular formula is C104H110N3OS+3. The van der Waals surface area contributed by atoms with Crippen LogP contribution in [0.3, 0.4) is 0 Å². The highest BCUT2D eigenvalue weighted by atomic mass is 32.1. The highest BCUT2D eigenvalue weighted by molar-refractivity contribution is 7.25. The quantitative estimate of drug-likeness (QED) is 0.125. The van der Waals surface area contributed by atoms with Gasteiger partial charge in [-0.1, -0.05) is 224 Å². The first kappa shape index (κ1) is 65.3. The van der Waals surface area contributed by atoms with E-state index in [4.69, 9.17) is 12.6 Å². The maximum Gasteiger partial charge on any atom is 0.213 e. The smallest absolute Gasteiger partial charge is 0.213 e. The molecule has 14 aromatic rings. The van der Waals surface area contributed by atoms with Crippen molar-refractivity contribution in [1.82, 2.24) is 0 Å². The van der Waals surface area contributed by atoms with Gasteiger partial charge in [0, 0.05) is 96.2 Å². The van der Waals surface area contributed by atoms with E-state index in [2.05, 4.69) is 183 Å². The average molecular weight is 1460 g/mol. The Bertz CT molecular complexity index is 5760. The van der Waals surface area contributed by atoms with E-state index in [1.165, 1.54) is 232 Å². The van der Waals surface area contributed by atoms with Gasteiger partial charge < -0.3 is 4.42 Å². The van der Waals surface area contributed by atoms with Crippen LogP contribution in [0.4, 0.5) is 0 Å². The number of hydrogen-bond acceptors (Lipinski definition) is 2. The molecule has 550 valence electrons. The third-order valence-electron chi connectivity index (χ3n) is 25.9. The van der Waals surface area contributed by atoms with Crippen molar-refractivity contribution in [2.24, 2.45) is 21.1 Å². The molecule has 0 amide bonds. The van der Waals surface area contributed by atoms with Gasteiger partial charge in [0.05, 0.1) is 0 Å². The zero-order valence-electron chi connectivity index (χ0n) is 71.4. The molecule has 4 fully saturated rings. The Hall–Kier alpha value is -9.55. The summed E-state index contributed by atoms with van der Waals surface area (Å²) >= 11 is 1.99. The van der Waals surface area contributed by atoms with E-state index < -0.39 is 19.1 Å². The molecule has 4 saturated carbocycles. The van der Waals surface area contributed by atoms with Crippen LogP contribution < -0.4 is 13.7 Å². The third-order valence-corrected chi connectivity index (χ3v) is 27.0. The Kier molecular flexibility index (Phi) is 18.4. The van der Waals surface area contributed by atoms with Crippen LogP contribution in [0, 0.1) is 34.5 Å². The van der Waals surface area contributed by atoms with Gasteiger partial charge in [-0.2, -0.15) is 0 Å². The first-order valence-corrected chi connectivity index (χ1v) is 41.8. The van der Waals surface area contributed by atoms with E-state index in [1.807, 2.05) is 104 Å². The summed E-state index contributed by atoms with van der Waals surface area (Å²) in [6.45, 7) is 5.59. The van der Waals surface area contributed by atoms with Crippen molar-refractivity contribution in [3.8, 4) is 78.3 Å². The summed E-state index contributed by atoms with van der Waals surface area (Å²) in [6, 6.07) is 72.7. The van der Waals surface area contributed by atoms with Crippen molar-refractivity contribution in [3.63, 3.8) is 0 Å². The maximum atomic E-state index is 8.51. The lowest BCUT2D eigenvalue weighted by atomic mass is 9.81. The van der Waals surface area contributed by atoms with Crippen LogP contribution in [0.25, 0.3) is 120 Å². The number of fused-ring (bicyclic) bond motifs is 9. The number of rotatable bonds is 10. The molecule has 0 N–H and O–H groups in total. The molecule has 0 bridgehead atoms. The molecule has 0 aliphatic heterocycles. The molecule has 1 atom stereocenters. The molecule has 5 heteroatoms. The van der Waals surface area contributed by atoms with Crippen LogP contribution in [-0.4, -0.2) is 0 Å². The second-order valence-electron chi connectivity index (χ2n) is 33.2. The van der Waals surface area contributed by atoms with Gasteiger partial charge in [-0.05, 0) is 248 Å². The Morgan fingerprint density at radius 2 is 0.752 bits per heavy atom. The standard InChI is InChI=1S/C37H40NO.C37H40NS.C30H30N/c2*1-25-11-9-10-16-30(25)35-23-33(34(24-38(35)2)27-14-7-4-8-15-27)29-18-20-32-31-19-17-28(26-12-5-3-6-13-26)21-36(31)39-37(32)22-29;1-19-11-13-24-25-14-12-22(16-28(25)30(4,5)27(24)15-19)26-17-29(31(6)18-21(26)3)23-10-8-7-9-20(23)2/h2*9-11,16-24,26-27H,3-8,12-15H2,1-2H3;7-18H,1-6H3/q3*+1/i;;3D3,4D3. The lowest BCUT2D eigenvalue weighted by Crippen LogP contribution is -2.32. The minimum atomic E-state index is -2.34. The number of benzene rings is 9. The van der Waals surface area contributed by atoms with Crippen molar-refractivity contribution >= 4 is 53.4 Å². The molecule has 1 unspecified atom stereocenters. The minimum absolute atomic E-state index is 0.231. The van der Waals surface area contributed by atoms with E-state index in [9.17, 15) is 0 Å². The Balaban J connectivity index is 0.000000124. The van der Waals surface area contributed by atoms with Gasteiger partial charge in [0.25, 0.3) is 0 Å². The number of nitrogens with zero attached hydrogens (tertiary/aromatic N) is 3. The van der Waals surface area contributed by atoms with Crippen LogP contribution >= 0.6 is 11.3 Å². The fraction of sp³-hybridized carbons (Fsp3) is 0.337. The van der Waals surface area contributed by atoms with E-state index in [0.717, 1.165) is 56.2 Å². The van der Waals surface area contributed by atoms with Gasteiger partial charge >= 0.3 is 0 Å². The highest BCUT2D eigenvalue weighted by Crippen LogP contribution is 2.51. The van der Waals surface area contributed by atoms with Gasteiger partial charge in [0.1, 0.15) is 32.3 Å². The first-order chi connectivity index (χ1) is 55.5. The number of hydrogen-bond donors (Lipinski definition) is 0. The maximum absolute atomic E-state index is 8.51. The summed E-state index contributed by atoms with van der Waals surface area (Å²) in [7, 11) is 6.30. The van der Waals surface area contributed by atoms with Crippen molar-refractivity contribution in [1.29, 1.82) is 0 Å². The predicted octanol–water partition coefficient (Wildman–Crippen LogP) is 27.8. The minimum Gasteiger partial charge on any atom is -0.456 e. The second kappa shape index (κ2) is 30.7. The van der Waals surface area contributed by atoms with E-state index in [-0.39, 0.29) is 5.56 Å². The van der Waals surface area contributed by atoms with Crippen molar-refractivity contribution in [2.45, 2.75) is 206 Å². The first-order valence-electron chi connectivity index (χ1n) is 44.0. The van der Waals surface area contributed by atoms with E-state index in [0.29, 0.717) is 34.4 Å². The van der Waals surface area contributed by atoms with Gasteiger partial charge in [-0.3, -0.25) is 0 Å². The van der Waals surface area contributed by atoms with Crippen LogP contribution in [-0.2, 0) is 26.6 Å². The molecular weight excluding hydrogens is 1340 g/mol. The van der Waals surface area contributed by atoms with Crippen LogP contribution in [0.15, 0.2) is 223 Å². The number of thiophene rings is 1. The van der Waals surface area contributed by atoms with Gasteiger partial charge in [-0.15, -0.1) is 11.3 Å². The van der Waals surface area contributed by atoms with Gasteiger partial charge in [-0.25, -0.2) is 13.7 Å². The zero-order valence-corrected chi connectivity index (χ0v) is 66.2. The molecule has 109 heavy (non-hydrogen) atoms. The summed E-state index contributed by atoms with van der Waals surface area (Å²) in [5, 5.41) is 5.30. The molecule has 4 nitrogen and oxygen atoms in total. The third kappa shape index (κ3) is 14.3. The summed E-state index contributed by atoms with van der Waals surface area (Å²) in [5.41, 5.74) is 28.9. The summed E-state index contributed by atoms with van der Waals surface area (Å²) in [6.07, 6.45) is 33.5. The molecule has 0 saturated heterocycles. The molecule has 5 aliphatic carbocycles. The lowest BCUT2D eigenvalue weighted by molar-refractivity contribution is -0.660. The highest BCUT2D eigenvalue weighted by Gasteiger charge is 2.37. The second-order valence-corrected chi connectivity index (χ2v) is 34.3. The van der Waals surface area contributed by atoms with Crippen LogP contribution in [0.5, 0.6) is 0 Å². The zero-order chi connectivity index (χ0) is 79.6. The Morgan fingerprint density at radius 3 is 1.27 bits per heavy atom. The van der Waals surface area contributed by atoms with Crippen molar-refractivity contribution in [3.05, 3.63) is 280 Å². The van der Waals surface area contributed by atoms with E-state index in [1.54, 1.807) is 18.7 Å². The molecule has 5 aromatic heterocycles. The summed E-state index contributed by atoms with van der Waals surface area (Å²) < 4.78 is 66.4. The molecule has 5 aliphatic rings. The molecule has 0 spiro atoms. The Morgan fingerprint density at radius 1 is 0.349 bits per heavy atom. The van der Waals surface area contributed by atoms with Crippen LogP contribution in [0.2, 0.25) is 0 Å². The summed E-state index contributed by atoms with van der Waals surface area (Å²) in [4.78, 5) is 0. The summed E-state index contributed by atoms with van der Waals surface area (Å²) in [5.74, 6) is 2.72. The molecule has 0 radical (unpaired) electrons. The number of furan rings is 1. The fourth-order valence-corrected chi connectivity index (χ4v) is 20.9. The number of pyridine rings is 3. The molecule has 19 rings (SSSR count). The monoisotopic (exact) mass is 1450 g/mol. The fourth-order valence-electron chi connectivity index (χ4n) is 19.7. The molecule has 5 heterocycles. The molecule has 9 aromatic carbocycles. The SMILES string of the molecule is Cc1ccccc1-c1cc(-c2ccc3c(c2)oc2cc(C4CCCCC4)ccc23)c(C2CCCCC2)c[n+]1C.Cc1ccccc1-c1cc(-c2ccc3c(c2)sc2cc(C4CCCCC4)ccc23)c(C2CCCCC2)c[n+]1C.[2H]C([2H])([2H])c1c[n+](C)c(-c2ccccc2C)cc1-c1ccc2c(c1)C(C)(C([2H])([2H])[2H])c1cc(C)ccc1-2. The van der Waals surface area contributed by atoms with E-state index >= 15 is 0 Å². The number of aryl methyl sites for hydroxylation is 8. The normalized spacial score (nSPS) is 18.2. The van der Waals surface area contributed by atoms with Crippen LogP contribution in [0.1, 0.15) is 235 Å². The van der Waals surface area contributed by atoms with Crippen molar-refractivity contribution in [2.75, 3.05) is 0 Å². The largest absolute Gasteiger partial charge is 0.456 e. The van der Waals surface area contributed by atoms with Gasteiger partial charge in [0.15, 0.2) is 18.6 Å². The number of aromatic nitrogens is 3. The lowest BCUT2D eigenvalue weighted by Gasteiger charge is -2.24. The topological polar surface area (TPSA) is 24.8 Å².